The molecule has 1 atom stereocenters. The summed E-state index contributed by atoms with van der Waals surface area (Å²) in [6, 6.07) is 1.61. The van der Waals surface area contributed by atoms with Gasteiger partial charge in [0.15, 0.2) is 6.29 Å². The molecule has 1 unspecified atom stereocenters. The molecule has 0 spiro atoms. The predicted octanol–water partition coefficient (Wildman–Crippen LogP) is 2.43. The lowest BCUT2D eigenvalue weighted by atomic mass is 10.1. The maximum atomic E-state index is 12.1. The average molecular weight is 374 g/mol. The lowest BCUT2D eigenvalue weighted by molar-refractivity contribution is -0.394. The summed E-state index contributed by atoms with van der Waals surface area (Å²) in [5.41, 5.74) is -1.63. The molecule has 1 N–H and O–H groups in total. The van der Waals surface area contributed by atoms with Crippen LogP contribution in [-0.2, 0) is 9.47 Å². The van der Waals surface area contributed by atoms with Crippen LogP contribution in [0.25, 0.3) is 0 Å². The summed E-state index contributed by atoms with van der Waals surface area (Å²) < 4.78 is 10.8. The molecule has 1 aliphatic rings. The topological polar surface area (TPSA) is 134 Å². The summed E-state index contributed by atoms with van der Waals surface area (Å²) in [5.74, 6) is -0.759. The Morgan fingerprint density at radius 2 is 2.08 bits per heavy atom. The van der Waals surface area contributed by atoms with Crippen molar-refractivity contribution in [2.24, 2.45) is 0 Å². The minimum atomic E-state index is -0.879. The fraction of sp³-hybridized carbons (Fsp3) is 0.500. The fourth-order valence-corrected chi connectivity index (χ4v) is 2.55. The SMILES string of the molecule is O=C(NCCOC1CCCCO1)c1cc([N+](=O)[O-])cc([N+](=O)[O-])c1Cl. The molecule has 0 aromatic heterocycles. The molecule has 1 saturated heterocycles. The number of non-ortho nitro benzene ring substituents is 1. The number of nitro groups is 2. The van der Waals surface area contributed by atoms with Crippen LogP contribution in [0.5, 0.6) is 0 Å². The van der Waals surface area contributed by atoms with E-state index in [1.807, 2.05) is 0 Å². The number of rotatable bonds is 7. The summed E-state index contributed by atoms with van der Waals surface area (Å²) in [7, 11) is 0. The Bertz CT molecular complexity index is 677. The first-order valence-electron chi connectivity index (χ1n) is 7.54. The van der Waals surface area contributed by atoms with E-state index in [1.54, 1.807) is 0 Å². The van der Waals surface area contributed by atoms with Crippen LogP contribution in [-0.4, -0.2) is 41.8 Å². The second-order valence-corrected chi connectivity index (χ2v) is 5.64. The maximum absolute atomic E-state index is 12.1. The molecule has 2 rings (SSSR count). The molecule has 1 aromatic carbocycles. The third-order valence-electron chi connectivity index (χ3n) is 3.52. The highest BCUT2D eigenvalue weighted by atomic mass is 35.5. The highest BCUT2D eigenvalue weighted by Crippen LogP contribution is 2.32. The number of nitro benzene ring substituents is 2. The van der Waals surface area contributed by atoms with Gasteiger partial charge in [-0.15, -0.1) is 0 Å². The van der Waals surface area contributed by atoms with Crippen LogP contribution in [0, 0.1) is 20.2 Å². The molecule has 1 heterocycles. The number of carbonyl (C=O) groups is 1. The quantitative estimate of drug-likeness (QED) is 0.440. The van der Waals surface area contributed by atoms with Crippen LogP contribution in [0.2, 0.25) is 5.02 Å². The Kier molecular flexibility index (Phi) is 6.62. The van der Waals surface area contributed by atoms with Crippen molar-refractivity contribution >= 4 is 28.9 Å². The highest BCUT2D eigenvalue weighted by Gasteiger charge is 2.26. The lowest BCUT2D eigenvalue weighted by Gasteiger charge is -2.22. The van der Waals surface area contributed by atoms with Crippen LogP contribution < -0.4 is 5.32 Å². The van der Waals surface area contributed by atoms with Crippen LogP contribution in [0.3, 0.4) is 0 Å². The first-order valence-corrected chi connectivity index (χ1v) is 7.91. The van der Waals surface area contributed by atoms with Crippen molar-refractivity contribution in [2.75, 3.05) is 19.8 Å². The number of halogens is 1. The van der Waals surface area contributed by atoms with Gasteiger partial charge in [-0.3, -0.25) is 25.0 Å². The molecule has 0 saturated carbocycles. The molecule has 1 amide bonds. The molecule has 10 nitrogen and oxygen atoms in total. The normalized spacial score (nSPS) is 17.1. The summed E-state index contributed by atoms with van der Waals surface area (Å²) in [6.45, 7) is 0.903. The summed E-state index contributed by atoms with van der Waals surface area (Å²) in [5, 5.41) is 23.8. The van der Waals surface area contributed by atoms with Gasteiger partial charge in [-0.2, -0.15) is 0 Å². The van der Waals surface area contributed by atoms with E-state index in [4.69, 9.17) is 21.1 Å². The Labute approximate surface area is 147 Å². The molecule has 1 aliphatic heterocycles. The zero-order valence-electron chi connectivity index (χ0n) is 13.1. The van der Waals surface area contributed by atoms with E-state index >= 15 is 0 Å². The van der Waals surface area contributed by atoms with Crippen molar-refractivity contribution in [3.8, 4) is 0 Å². The first kappa shape index (κ1) is 19.0. The zero-order valence-corrected chi connectivity index (χ0v) is 13.9. The van der Waals surface area contributed by atoms with Crippen LogP contribution >= 0.6 is 11.6 Å². The van der Waals surface area contributed by atoms with Gasteiger partial charge >= 0.3 is 0 Å². The van der Waals surface area contributed by atoms with Crippen molar-refractivity contribution < 1.29 is 24.1 Å². The van der Waals surface area contributed by atoms with E-state index in [9.17, 15) is 25.0 Å². The van der Waals surface area contributed by atoms with Crippen LogP contribution in [0.15, 0.2) is 12.1 Å². The van der Waals surface area contributed by atoms with Crippen molar-refractivity contribution in [3.05, 3.63) is 42.9 Å². The van der Waals surface area contributed by atoms with Crippen LogP contribution in [0.1, 0.15) is 29.6 Å². The Morgan fingerprint density at radius 1 is 1.32 bits per heavy atom. The van der Waals surface area contributed by atoms with Gasteiger partial charge in [-0.05, 0) is 19.3 Å². The summed E-state index contributed by atoms with van der Waals surface area (Å²) in [4.78, 5) is 32.2. The standard InChI is InChI=1S/C14H16ClN3O7/c15-13-10(7-9(17(20)21)8-11(13)18(22)23)14(19)16-4-6-25-12-3-1-2-5-24-12/h7-8,12H,1-6H2,(H,16,19). The van der Waals surface area contributed by atoms with Crippen molar-refractivity contribution in [2.45, 2.75) is 25.6 Å². The molecule has 0 bridgehead atoms. The van der Waals surface area contributed by atoms with Gasteiger partial charge in [0.1, 0.15) is 5.02 Å². The molecule has 1 fully saturated rings. The number of hydrogen-bond donors (Lipinski definition) is 1. The molecular formula is C14H16ClN3O7. The van der Waals surface area contributed by atoms with Crippen molar-refractivity contribution in [3.63, 3.8) is 0 Å². The van der Waals surface area contributed by atoms with Gasteiger partial charge in [-0.25, -0.2) is 0 Å². The summed E-state index contributed by atoms with van der Waals surface area (Å²) in [6.07, 6.45) is 2.45. The average Bonchev–Trinajstić information content (AvgIpc) is 2.59. The smallest absolute Gasteiger partial charge is 0.295 e. The summed E-state index contributed by atoms with van der Waals surface area (Å²) >= 11 is 5.83. The van der Waals surface area contributed by atoms with Crippen LogP contribution in [0.4, 0.5) is 11.4 Å². The van der Waals surface area contributed by atoms with Gasteiger partial charge in [-0.1, -0.05) is 11.6 Å². The number of nitrogens with zero attached hydrogens (tertiary/aromatic N) is 2. The van der Waals surface area contributed by atoms with E-state index in [-0.39, 0.29) is 25.0 Å². The van der Waals surface area contributed by atoms with E-state index in [0.717, 1.165) is 25.3 Å². The number of benzene rings is 1. The minimum Gasteiger partial charge on any atom is -0.353 e. The van der Waals surface area contributed by atoms with Crippen molar-refractivity contribution in [1.82, 2.24) is 5.32 Å². The first-order chi connectivity index (χ1) is 11.9. The van der Waals surface area contributed by atoms with E-state index in [0.29, 0.717) is 12.7 Å². The number of ether oxygens (including phenoxy) is 2. The van der Waals surface area contributed by atoms with Gasteiger partial charge in [0, 0.05) is 19.2 Å². The number of nitrogens with one attached hydrogen (secondary N) is 1. The lowest BCUT2D eigenvalue weighted by Crippen LogP contribution is -2.30. The second-order valence-electron chi connectivity index (χ2n) is 5.26. The fourth-order valence-electron chi connectivity index (χ4n) is 2.29. The third-order valence-corrected chi connectivity index (χ3v) is 3.92. The molecule has 1 aromatic rings. The van der Waals surface area contributed by atoms with Gasteiger partial charge in [0.05, 0.1) is 28.1 Å². The maximum Gasteiger partial charge on any atom is 0.295 e. The molecule has 25 heavy (non-hydrogen) atoms. The largest absolute Gasteiger partial charge is 0.353 e. The Balaban J connectivity index is 2.00. The Morgan fingerprint density at radius 3 is 2.68 bits per heavy atom. The third kappa shape index (κ3) is 5.08. The predicted molar refractivity (Wildman–Crippen MR) is 86.6 cm³/mol. The van der Waals surface area contributed by atoms with E-state index < -0.39 is 32.2 Å². The van der Waals surface area contributed by atoms with Gasteiger partial charge in [0.2, 0.25) is 0 Å². The van der Waals surface area contributed by atoms with Gasteiger partial charge < -0.3 is 14.8 Å². The van der Waals surface area contributed by atoms with Crippen molar-refractivity contribution in [1.29, 1.82) is 0 Å². The van der Waals surface area contributed by atoms with E-state index in [2.05, 4.69) is 5.32 Å². The monoisotopic (exact) mass is 373 g/mol. The zero-order chi connectivity index (χ0) is 18.4. The molecule has 0 aliphatic carbocycles. The number of hydrogen-bond acceptors (Lipinski definition) is 7. The van der Waals surface area contributed by atoms with E-state index in [1.165, 1.54) is 0 Å². The van der Waals surface area contributed by atoms with Gasteiger partial charge in [0.25, 0.3) is 17.3 Å². The second kappa shape index (κ2) is 8.70. The molecular weight excluding hydrogens is 358 g/mol. The molecule has 0 radical (unpaired) electrons. The minimum absolute atomic E-state index is 0.103. The number of carbonyl (C=O) groups excluding carboxylic acids is 1. The molecule has 136 valence electrons. The molecule has 11 heteroatoms. The Hall–Kier alpha value is -2.30. The highest BCUT2D eigenvalue weighted by molar-refractivity contribution is 6.36. The number of amides is 1.